The second-order valence-corrected chi connectivity index (χ2v) is 5.07. The first-order chi connectivity index (χ1) is 10.5. The molecule has 0 fully saturated rings. The lowest BCUT2D eigenvalue weighted by atomic mass is 10.3. The first kappa shape index (κ1) is 14.2. The van der Waals surface area contributed by atoms with E-state index >= 15 is 0 Å². The number of oxazole rings is 1. The predicted molar refractivity (Wildman–Crippen MR) is 82.2 cm³/mol. The lowest BCUT2D eigenvalue weighted by Crippen LogP contribution is -2.24. The number of anilines is 1. The summed E-state index contributed by atoms with van der Waals surface area (Å²) < 4.78 is 6.26. The molecule has 0 unspecified atom stereocenters. The smallest absolute Gasteiger partial charge is 0.420 e. The minimum absolute atomic E-state index is 0.109. The van der Waals surface area contributed by atoms with Crippen LogP contribution in [0.25, 0.3) is 11.1 Å². The molecule has 22 heavy (non-hydrogen) atoms. The van der Waals surface area contributed by atoms with Gasteiger partial charge >= 0.3 is 5.76 Å². The number of amides is 1. The molecule has 3 aromatic rings. The number of phenolic OH excluding ortho intramolecular Hbond substituents is 1. The molecule has 112 valence electrons. The van der Waals surface area contributed by atoms with Crippen molar-refractivity contribution in [3.05, 3.63) is 58.0 Å². The highest BCUT2D eigenvalue weighted by Gasteiger charge is 2.13. The van der Waals surface area contributed by atoms with E-state index in [4.69, 9.17) is 16.0 Å². The molecule has 0 aliphatic heterocycles. The van der Waals surface area contributed by atoms with Crippen molar-refractivity contribution in [3.63, 3.8) is 0 Å². The summed E-state index contributed by atoms with van der Waals surface area (Å²) >= 11 is 5.81. The normalized spacial score (nSPS) is 10.8. The van der Waals surface area contributed by atoms with E-state index in [2.05, 4.69) is 5.32 Å². The first-order valence-corrected chi connectivity index (χ1v) is 6.79. The van der Waals surface area contributed by atoms with Crippen molar-refractivity contribution in [3.8, 4) is 5.75 Å². The van der Waals surface area contributed by atoms with Gasteiger partial charge in [0, 0.05) is 5.02 Å². The number of benzene rings is 2. The maximum Gasteiger partial charge on any atom is 0.420 e. The highest BCUT2D eigenvalue weighted by Crippen LogP contribution is 2.26. The molecule has 0 aliphatic carbocycles. The fraction of sp³-hybridized carbons (Fsp3) is 0.0667. The number of aromatic nitrogens is 1. The van der Waals surface area contributed by atoms with Crippen molar-refractivity contribution in [2.75, 3.05) is 5.32 Å². The molecule has 6 nitrogen and oxygen atoms in total. The molecular weight excluding hydrogens is 308 g/mol. The Morgan fingerprint density at radius 3 is 2.86 bits per heavy atom. The van der Waals surface area contributed by atoms with E-state index in [0.29, 0.717) is 16.1 Å². The minimum Gasteiger partial charge on any atom is -0.506 e. The summed E-state index contributed by atoms with van der Waals surface area (Å²) in [4.78, 5) is 23.9. The average molecular weight is 319 g/mol. The summed E-state index contributed by atoms with van der Waals surface area (Å²) in [7, 11) is 0. The van der Waals surface area contributed by atoms with Crippen molar-refractivity contribution in [2.45, 2.75) is 6.54 Å². The molecule has 1 amide bonds. The summed E-state index contributed by atoms with van der Waals surface area (Å²) in [6.07, 6.45) is 0. The molecule has 1 heterocycles. The van der Waals surface area contributed by atoms with Crippen LogP contribution in [-0.2, 0) is 11.3 Å². The highest BCUT2D eigenvalue weighted by molar-refractivity contribution is 6.31. The maximum absolute atomic E-state index is 12.1. The number of hydrogen-bond acceptors (Lipinski definition) is 4. The van der Waals surface area contributed by atoms with Gasteiger partial charge in [0.1, 0.15) is 12.3 Å². The number of fused-ring (bicyclic) bond motifs is 1. The van der Waals surface area contributed by atoms with E-state index in [-0.39, 0.29) is 18.0 Å². The number of phenols is 1. The molecule has 2 aromatic carbocycles. The zero-order valence-corrected chi connectivity index (χ0v) is 12.0. The third-order valence-electron chi connectivity index (χ3n) is 3.11. The van der Waals surface area contributed by atoms with E-state index in [0.717, 1.165) is 0 Å². The van der Waals surface area contributed by atoms with Crippen LogP contribution in [0.3, 0.4) is 0 Å². The topological polar surface area (TPSA) is 84.5 Å². The van der Waals surface area contributed by atoms with Gasteiger partial charge in [0.25, 0.3) is 0 Å². The van der Waals surface area contributed by atoms with Crippen LogP contribution in [0.5, 0.6) is 5.75 Å². The summed E-state index contributed by atoms with van der Waals surface area (Å²) in [5, 5.41) is 12.6. The zero-order chi connectivity index (χ0) is 15.7. The van der Waals surface area contributed by atoms with E-state index in [9.17, 15) is 14.7 Å². The molecule has 0 saturated carbocycles. The van der Waals surface area contributed by atoms with Gasteiger partial charge in [-0.05, 0) is 30.3 Å². The lowest BCUT2D eigenvalue weighted by Gasteiger charge is -2.08. The molecule has 2 N–H and O–H groups in total. The number of aromatic hydroxyl groups is 1. The van der Waals surface area contributed by atoms with Gasteiger partial charge < -0.3 is 14.8 Å². The van der Waals surface area contributed by atoms with E-state index in [1.54, 1.807) is 24.3 Å². The van der Waals surface area contributed by atoms with Gasteiger partial charge in [-0.2, -0.15) is 0 Å². The average Bonchev–Trinajstić information content (AvgIpc) is 2.79. The Hall–Kier alpha value is -2.73. The van der Waals surface area contributed by atoms with Gasteiger partial charge in [-0.15, -0.1) is 0 Å². The number of nitrogens with zero attached hydrogens (tertiary/aromatic N) is 1. The maximum atomic E-state index is 12.1. The summed E-state index contributed by atoms with van der Waals surface area (Å²) in [5.74, 6) is -1.21. The summed E-state index contributed by atoms with van der Waals surface area (Å²) in [6, 6.07) is 11.1. The molecule has 0 spiro atoms. The van der Waals surface area contributed by atoms with E-state index in [1.165, 1.54) is 22.8 Å². The number of carbonyl (C=O) groups is 1. The van der Waals surface area contributed by atoms with Gasteiger partial charge in [0.15, 0.2) is 5.58 Å². The molecule has 0 saturated heterocycles. The molecule has 1 aromatic heterocycles. The first-order valence-electron chi connectivity index (χ1n) is 6.41. The van der Waals surface area contributed by atoms with Crippen LogP contribution in [0.1, 0.15) is 0 Å². The van der Waals surface area contributed by atoms with Crippen LogP contribution in [0.4, 0.5) is 5.69 Å². The Labute approximate surface area is 129 Å². The van der Waals surface area contributed by atoms with Crippen LogP contribution < -0.4 is 11.1 Å². The van der Waals surface area contributed by atoms with Crippen molar-refractivity contribution in [2.24, 2.45) is 0 Å². The molecule has 0 radical (unpaired) electrons. The largest absolute Gasteiger partial charge is 0.506 e. The van der Waals surface area contributed by atoms with Crippen LogP contribution in [0, 0.1) is 0 Å². The number of nitrogens with one attached hydrogen (secondary N) is 1. The molecule has 0 bridgehead atoms. The fourth-order valence-electron chi connectivity index (χ4n) is 2.11. The van der Waals surface area contributed by atoms with Gasteiger partial charge in [0.2, 0.25) is 5.91 Å². The Kier molecular flexibility index (Phi) is 3.60. The lowest BCUT2D eigenvalue weighted by molar-refractivity contribution is -0.116. The summed E-state index contributed by atoms with van der Waals surface area (Å²) in [5.41, 5.74) is 1.11. The third-order valence-corrected chi connectivity index (χ3v) is 3.34. The number of para-hydroxylation sites is 2. The molecule has 7 heteroatoms. The van der Waals surface area contributed by atoms with E-state index in [1.807, 2.05) is 0 Å². The molecule has 0 aliphatic rings. The van der Waals surface area contributed by atoms with Crippen molar-refractivity contribution in [1.29, 1.82) is 0 Å². The number of carbonyl (C=O) groups excluding carboxylic acids is 1. The van der Waals surface area contributed by atoms with Crippen molar-refractivity contribution in [1.82, 2.24) is 4.57 Å². The zero-order valence-electron chi connectivity index (χ0n) is 11.2. The minimum atomic E-state index is -0.619. The SMILES string of the molecule is O=C(Cn1c(=O)oc2ccccc21)Nc1cc(Cl)ccc1O. The van der Waals surface area contributed by atoms with Crippen molar-refractivity contribution < 1.29 is 14.3 Å². The molecule has 0 atom stereocenters. The van der Waals surface area contributed by atoms with E-state index < -0.39 is 11.7 Å². The Morgan fingerprint density at radius 2 is 2.05 bits per heavy atom. The second-order valence-electron chi connectivity index (χ2n) is 4.63. The van der Waals surface area contributed by atoms with Gasteiger partial charge in [0.05, 0.1) is 11.2 Å². The standard InChI is InChI=1S/C15H11ClN2O4/c16-9-5-6-12(19)10(7-9)17-14(20)8-18-11-3-1-2-4-13(11)22-15(18)21/h1-7,19H,8H2,(H,17,20). The highest BCUT2D eigenvalue weighted by atomic mass is 35.5. The molecule has 3 rings (SSSR count). The van der Waals surface area contributed by atoms with Gasteiger partial charge in [-0.1, -0.05) is 23.7 Å². The Balaban J connectivity index is 1.86. The van der Waals surface area contributed by atoms with Crippen LogP contribution in [0.15, 0.2) is 51.7 Å². The number of hydrogen-bond donors (Lipinski definition) is 2. The number of halogens is 1. The molecular formula is C15H11ClN2O4. The monoisotopic (exact) mass is 318 g/mol. The summed E-state index contributed by atoms with van der Waals surface area (Å²) in [6.45, 7) is -0.234. The Bertz CT molecular complexity index is 913. The Morgan fingerprint density at radius 1 is 1.27 bits per heavy atom. The fourth-order valence-corrected chi connectivity index (χ4v) is 2.28. The van der Waals surface area contributed by atoms with Crippen LogP contribution in [-0.4, -0.2) is 15.6 Å². The third kappa shape index (κ3) is 2.68. The quantitative estimate of drug-likeness (QED) is 0.727. The van der Waals surface area contributed by atoms with Gasteiger partial charge in [-0.3, -0.25) is 9.36 Å². The second kappa shape index (κ2) is 5.57. The van der Waals surface area contributed by atoms with Gasteiger partial charge in [-0.25, -0.2) is 4.79 Å². The van der Waals surface area contributed by atoms with Crippen LogP contribution >= 0.6 is 11.6 Å². The predicted octanol–water partition coefficient (Wildman–Crippen LogP) is 2.59. The van der Waals surface area contributed by atoms with Crippen LogP contribution in [0.2, 0.25) is 5.02 Å². The van der Waals surface area contributed by atoms with Crippen molar-refractivity contribution >= 4 is 34.3 Å². The number of rotatable bonds is 3.